The Bertz CT molecular complexity index is 198. The molecule has 67 valence electrons. The molecule has 10 heteroatoms. The van der Waals surface area contributed by atoms with Gasteiger partial charge in [0.2, 0.25) is 16.4 Å². The van der Waals surface area contributed by atoms with E-state index in [9.17, 15) is 0 Å². The van der Waals surface area contributed by atoms with Crippen LogP contribution >= 0.6 is 12.4 Å². The van der Waals surface area contributed by atoms with E-state index >= 15 is 0 Å². The van der Waals surface area contributed by atoms with Crippen LogP contribution in [-0.4, -0.2) is 22.3 Å². The minimum atomic E-state index is -2.00. The first-order chi connectivity index (χ1) is 5.08. The van der Waals surface area contributed by atoms with Crippen LogP contribution in [-0.2, 0) is 25.7 Å². The molecule has 0 aromatic carbocycles. The summed E-state index contributed by atoms with van der Waals surface area (Å²) in [4.78, 5) is 3.35. The molecule has 0 heterocycles. The molecular weight excluding hydrogens is 237 g/mol. The first-order valence-electron chi connectivity index (χ1n) is 2.17. The van der Waals surface area contributed by atoms with Gasteiger partial charge in [-0.2, -0.15) is 4.99 Å². The van der Waals surface area contributed by atoms with Gasteiger partial charge in [-0.3, -0.25) is 4.66 Å². The van der Waals surface area contributed by atoms with Crippen LogP contribution in [0.5, 0.6) is 0 Å². The van der Waals surface area contributed by atoms with Crippen molar-refractivity contribution in [2.24, 2.45) is 26.9 Å². The first-order valence-corrected chi connectivity index (χ1v) is 3.89. The van der Waals surface area contributed by atoms with E-state index in [2.05, 4.69) is 20.1 Å². The second-order valence-electron chi connectivity index (χ2n) is 1.09. The van der Waals surface area contributed by atoms with Crippen LogP contribution in [0.2, 0.25) is 0 Å². The molecule has 0 amide bonds. The van der Waals surface area contributed by atoms with Crippen LogP contribution in [0, 0.1) is 0 Å². The average Bonchev–Trinajstić information content (AvgIpc) is 1.88. The van der Waals surface area contributed by atoms with E-state index in [-0.39, 0.29) is 24.3 Å². The molecule has 0 unspecified atom stereocenters. The number of nitrogens with zero attached hydrogens (tertiary/aromatic N) is 2. The van der Waals surface area contributed by atoms with Crippen LogP contribution in [0.15, 0.2) is 9.65 Å². The molecule has 0 fully saturated rings. The molecule has 6 N–H and O–H groups in total. The predicted molar refractivity (Wildman–Crippen MR) is 41.8 cm³/mol. The summed E-state index contributed by atoms with van der Waals surface area (Å²) in [6, 6.07) is 0. The van der Waals surface area contributed by atoms with Crippen LogP contribution in [0.1, 0.15) is 0 Å². The van der Waals surface area contributed by atoms with Gasteiger partial charge in [-0.05, 0) is 0 Å². The maximum absolute atomic E-state index is 8.50. The molecular formula is C2H7ClN5O2SiTi. The Hall–Kier alpha value is -0.439. The minimum absolute atomic E-state index is 0. The molecule has 3 radical (unpaired) electrons. The second-order valence-corrected chi connectivity index (χ2v) is 1.57. The fraction of sp³-hybridized carbons (Fsp3) is 0. The average molecular weight is 245 g/mol. The summed E-state index contributed by atoms with van der Waals surface area (Å²) in [7, 11) is 2.73. The van der Waals surface area contributed by atoms with Crippen LogP contribution in [0.4, 0.5) is 0 Å². The summed E-state index contributed by atoms with van der Waals surface area (Å²) in [5.41, 5.74) is 14.9. The Morgan fingerprint density at radius 2 is 1.58 bits per heavy atom. The van der Waals surface area contributed by atoms with Gasteiger partial charge in [0.05, 0.1) is 0 Å². The van der Waals surface area contributed by atoms with Gasteiger partial charge in [0.15, 0.2) is 5.96 Å². The number of nitrogens with two attached hydrogens (primary N) is 3. The molecule has 12 heavy (non-hydrogen) atoms. The van der Waals surface area contributed by atoms with E-state index in [0.717, 1.165) is 0 Å². The summed E-state index contributed by atoms with van der Waals surface area (Å²) in [6.07, 6.45) is 0. The SMILES string of the molecule is Cl.NC(N)=NC(N)=N[Si].[O]=[Ti]=[O]. The molecule has 0 aromatic heterocycles. The molecule has 0 rings (SSSR count). The molecule has 0 aliphatic carbocycles. The third kappa shape index (κ3) is 22.7. The van der Waals surface area contributed by atoms with Crippen molar-refractivity contribution >= 4 is 34.7 Å². The summed E-state index contributed by atoms with van der Waals surface area (Å²) in [5.74, 6) is -0.105. The number of halogens is 1. The van der Waals surface area contributed by atoms with Gasteiger partial charge in [0, 0.05) is 0 Å². The van der Waals surface area contributed by atoms with E-state index < -0.39 is 19.1 Å². The van der Waals surface area contributed by atoms with Gasteiger partial charge in [-0.15, -0.1) is 12.4 Å². The molecule has 0 saturated carbocycles. The Labute approximate surface area is 87.4 Å². The normalized spacial score (nSPS) is 7.92. The maximum atomic E-state index is 8.50. The summed E-state index contributed by atoms with van der Waals surface area (Å²) < 4.78 is 20.3. The Balaban J connectivity index is -0.000000177. The zero-order valence-corrected chi connectivity index (χ0v) is 9.23. The zero-order chi connectivity index (χ0) is 9.28. The number of hydrogen-bond donors (Lipinski definition) is 3. The number of guanidine groups is 2. The van der Waals surface area contributed by atoms with E-state index in [1.807, 2.05) is 0 Å². The number of rotatable bonds is 0. The topological polar surface area (TPSA) is 137 Å². The molecule has 0 bridgehead atoms. The van der Waals surface area contributed by atoms with Crippen molar-refractivity contribution in [1.29, 1.82) is 0 Å². The van der Waals surface area contributed by atoms with Crippen LogP contribution in [0.3, 0.4) is 0 Å². The first kappa shape index (κ1) is 17.6. The fourth-order valence-corrected chi connectivity index (χ4v) is 0.207. The van der Waals surface area contributed by atoms with Crippen molar-refractivity contribution in [3.05, 3.63) is 0 Å². The second kappa shape index (κ2) is 13.2. The van der Waals surface area contributed by atoms with E-state index in [0.29, 0.717) is 0 Å². The van der Waals surface area contributed by atoms with Crippen molar-refractivity contribution in [3.63, 3.8) is 0 Å². The predicted octanol–water partition coefficient (Wildman–Crippen LogP) is -2.16. The van der Waals surface area contributed by atoms with Crippen LogP contribution in [0.25, 0.3) is 0 Å². The van der Waals surface area contributed by atoms with Gasteiger partial charge in [0.1, 0.15) is 0 Å². The van der Waals surface area contributed by atoms with Gasteiger partial charge in [-0.25, -0.2) is 0 Å². The third-order valence-electron chi connectivity index (χ3n) is 0.358. The van der Waals surface area contributed by atoms with Crippen molar-refractivity contribution in [1.82, 2.24) is 0 Å². The molecule has 0 aliphatic rings. The Morgan fingerprint density at radius 1 is 1.25 bits per heavy atom. The summed E-state index contributed by atoms with van der Waals surface area (Å²) in [5, 5.41) is 0. The Morgan fingerprint density at radius 3 is 1.67 bits per heavy atom. The molecule has 0 aliphatic heterocycles. The standard InChI is InChI=1S/C2H6N5Si.ClH.2O.Ti/c3-1(4)6-2(5)7-8;;;;/h(H6,3,4,5,6,7);1H;;;. The van der Waals surface area contributed by atoms with Gasteiger partial charge >= 0.3 is 25.7 Å². The van der Waals surface area contributed by atoms with Crippen molar-refractivity contribution in [2.45, 2.75) is 0 Å². The quantitative estimate of drug-likeness (QED) is 0.253. The monoisotopic (exact) mass is 244 g/mol. The zero-order valence-electron chi connectivity index (χ0n) is 5.85. The molecule has 0 spiro atoms. The molecule has 0 aromatic rings. The van der Waals surface area contributed by atoms with E-state index in [1.54, 1.807) is 0 Å². The van der Waals surface area contributed by atoms with Crippen molar-refractivity contribution in [2.75, 3.05) is 0 Å². The fourth-order valence-electron chi connectivity index (χ4n) is 0.157. The summed E-state index contributed by atoms with van der Waals surface area (Å²) in [6.45, 7) is 0. The van der Waals surface area contributed by atoms with Gasteiger partial charge < -0.3 is 17.2 Å². The molecule has 7 nitrogen and oxygen atoms in total. The third-order valence-corrected chi connectivity index (χ3v) is 0.587. The Kier molecular flexibility index (Phi) is 19.3. The van der Waals surface area contributed by atoms with Crippen LogP contribution < -0.4 is 17.2 Å². The van der Waals surface area contributed by atoms with Crippen molar-refractivity contribution < 1.29 is 25.7 Å². The van der Waals surface area contributed by atoms with E-state index in [4.69, 9.17) is 23.9 Å². The summed E-state index contributed by atoms with van der Waals surface area (Å²) >= 11 is -2.00. The molecule has 0 saturated heterocycles. The number of hydrogen-bond acceptors (Lipinski definition) is 3. The number of aliphatic imine (C=N–C) groups is 1. The van der Waals surface area contributed by atoms with Gasteiger partial charge in [0.25, 0.3) is 0 Å². The van der Waals surface area contributed by atoms with Gasteiger partial charge in [-0.1, -0.05) is 0 Å². The molecule has 0 atom stereocenters. The van der Waals surface area contributed by atoms with E-state index in [1.165, 1.54) is 0 Å². The van der Waals surface area contributed by atoms with Crippen molar-refractivity contribution in [3.8, 4) is 0 Å².